The molecule has 0 unspecified atom stereocenters. The Balaban J connectivity index is 1.74. The Labute approximate surface area is 114 Å². The van der Waals surface area contributed by atoms with Crippen LogP contribution in [0.3, 0.4) is 0 Å². The third-order valence-electron chi connectivity index (χ3n) is 2.78. The van der Waals surface area contributed by atoms with Gasteiger partial charge in [-0.05, 0) is 43.3 Å². The van der Waals surface area contributed by atoms with Crippen molar-refractivity contribution in [1.82, 2.24) is 10.1 Å². The SMILES string of the molecule is C[C@H](Nc1ccc(F)cc1)c1nc(-c2ccco2)no1. The quantitative estimate of drug-likeness (QED) is 0.786. The molecule has 1 aromatic carbocycles. The van der Waals surface area contributed by atoms with Crippen LogP contribution in [-0.4, -0.2) is 10.1 Å². The van der Waals surface area contributed by atoms with Gasteiger partial charge in [0, 0.05) is 5.69 Å². The van der Waals surface area contributed by atoms with Gasteiger partial charge in [0.25, 0.3) is 0 Å². The predicted molar refractivity (Wildman–Crippen MR) is 70.4 cm³/mol. The summed E-state index contributed by atoms with van der Waals surface area (Å²) >= 11 is 0. The first-order valence-corrected chi connectivity index (χ1v) is 6.12. The molecule has 0 aliphatic heterocycles. The molecule has 0 spiro atoms. The highest BCUT2D eigenvalue weighted by Gasteiger charge is 2.16. The number of hydrogen-bond acceptors (Lipinski definition) is 5. The number of rotatable bonds is 4. The lowest BCUT2D eigenvalue weighted by molar-refractivity contribution is 0.367. The largest absolute Gasteiger partial charge is 0.461 e. The molecule has 1 N–H and O–H groups in total. The van der Waals surface area contributed by atoms with Gasteiger partial charge in [-0.1, -0.05) is 5.16 Å². The number of benzene rings is 1. The van der Waals surface area contributed by atoms with Crippen LogP contribution in [0.15, 0.2) is 51.6 Å². The summed E-state index contributed by atoms with van der Waals surface area (Å²) < 4.78 is 23.2. The molecule has 3 aromatic rings. The van der Waals surface area contributed by atoms with Gasteiger partial charge in [-0.15, -0.1) is 0 Å². The van der Waals surface area contributed by atoms with E-state index in [1.165, 1.54) is 12.1 Å². The van der Waals surface area contributed by atoms with Crippen molar-refractivity contribution in [3.8, 4) is 11.6 Å². The summed E-state index contributed by atoms with van der Waals surface area (Å²) in [5, 5.41) is 7.01. The van der Waals surface area contributed by atoms with E-state index in [0.717, 1.165) is 5.69 Å². The zero-order chi connectivity index (χ0) is 13.9. The van der Waals surface area contributed by atoms with E-state index in [1.54, 1.807) is 30.5 Å². The molecule has 0 fully saturated rings. The molecule has 2 heterocycles. The lowest BCUT2D eigenvalue weighted by Gasteiger charge is -2.10. The molecule has 0 amide bonds. The van der Waals surface area contributed by atoms with Crippen molar-refractivity contribution in [3.63, 3.8) is 0 Å². The lowest BCUT2D eigenvalue weighted by atomic mass is 10.2. The molecule has 3 rings (SSSR count). The maximum atomic E-state index is 12.8. The van der Waals surface area contributed by atoms with Gasteiger partial charge in [0.05, 0.1) is 6.26 Å². The van der Waals surface area contributed by atoms with Gasteiger partial charge in [0.1, 0.15) is 11.9 Å². The van der Waals surface area contributed by atoms with E-state index in [4.69, 9.17) is 8.94 Å². The summed E-state index contributed by atoms with van der Waals surface area (Å²) in [6.45, 7) is 1.88. The Morgan fingerprint density at radius 3 is 2.70 bits per heavy atom. The highest BCUT2D eigenvalue weighted by Crippen LogP contribution is 2.21. The Morgan fingerprint density at radius 2 is 2.00 bits per heavy atom. The second-order valence-electron chi connectivity index (χ2n) is 4.31. The fraction of sp³-hybridized carbons (Fsp3) is 0.143. The van der Waals surface area contributed by atoms with E-state index >= 15 is 0 Å². The number of aromatic nitrogens is 2. The molecule has 102 valence electrons. The minimum Gasteiger partial charge on any atom is -0.461 e. The highest BCUT2D eigenvalue weighted by atomic mass is 19.1. The van der Waals surface area contributed by atoms with Gasteiger partial charge in [-0.25, -0.2) is 4.39 Å². The Hall–Kier alpha value is -2.63. The van der Waals surface area contributed by atoms with E-state index in [0.29, 0.717) is 17.5 Å². The molecular weight excluding hydrogens is 261 g/mol. The van der Waals surface area contributed by atoms with E-state index < -0.39 is 0 Å². The minimum absolute atomic E-state index is 0.198. The zero-order valence-electron chi connectivity index (χ0n) is 10.7. The molecule has 0 saturated heterocycles. The predicted octanol–water partition coefficient (Wildman–Crippen LogP) is 3.64. The number of nitrogens with zero attached hydrogens (tertiary/aromatic N) is 2. The van der Waals surface area contributed by atoms with Crippen LogP contribution >= 0.6 is 0 Å². The topological polar surface area (TPSA) is 64.1 Å². The summed E-state index contributed by atoms with van der Waals surface area (Å²) in [4.78, 5) is 4.26. The van der Waals surface area contributed by atoms with Gasteiger partial charge in [0.2, 0.25) is 11.7 Å². The number of anilines is 1. The van der Waals surface area contributed by atoms with Crippen LogP contribution in [0.4, 0.5) is 10.1 Å². The fourth-order valence-corrected chi connectivity index (χ4v) is 1.77. The molecule has 0 aliphatic carbocycles. The van der Waals surface area contributed by atoms with Crippen molar-refractivity contribution in [2.75, 3.05) is 5.32 Å². The summed E-state index contributed by atoms with van der Waals surface area (Å²) in [7, 11) is 0. The average Bonchev–Trinajstić information content (AvgIpc) is 3.11. The maximum absolute atomic E-state index is 12.8. The summed E-state index contributed by atoms with van der Waals surface area (Å²) in [5.41, 5.74) is 0.775. The number of furan rings is 1. The first kappa shape index (κ1) is 12.4. The molecule has 2 aromatic heterocycles. The summed E-state index contributed by atoms with van der Waals surface area (Å²) in [6.07, 6.45) is 1.55. The molecule has 0 bridgehead atoms. The molecule has 0 saturated carbocycles. The second kappa shape index (κ2) is 5.16. The first-order valence-electron chi connectivity index (χ1n) is 6.12. The van der Waals surface area contributed by atoms with Crippen LogP contribution in [0.25, 0.3) is 11.6 Å². The van der Waals surface area contributed by atoms with Crippen molar-refractivity contribution >= 4 is 5.69 Å². The van der Waals surface area contributed by atoms with Gasteiger partial charge >= 0.3 is 0 Å². The van der Waals surface area contributed by atoms with E-state index in [2.05, 4.69) is 15.5 Å². The number of hydrogen-bond donors (Lipinski definition) is 1. The van der Waals surface area contributed by atoms with Gasteiger partial charge in [-0.2, -0.15) is 4.98 Å². The van der Waals surface area contributed by atoms with Crippen LogP contribution in [-0.2, 0) is 0 Å². The van der Waals surface area contributed by atoms with Crippen LogP contribution in [0.1, 0.15) is 18.9 Å². The Bertz CT molecular complexity index is 677. The third kappa shape index (κ3) is 2.54. The van der Waals surface area contributed by atoms with Crippen molar-refractivity contribution in [1.29, 1.82) is 0 Å². The highest BCUT2D eigenvalue weighted by molar-refractivity contribution is 5.46. The molecule has 0 radical (unpaired) electrons. The molecule has 20 heavy (non-hydrogen) atoms. The maximum Gasteiger partial charge on any atom is 0.249 e. The zero-order valence-corrected chi connectivity index (χ0v) is 10.7. The smallest absolute Gasteiger partial charge is 0.249 e. The van der Waals surface area contributed by atoms with Crippen LogP contribution in [0.2, 0.25) is 0 Å². The molecular formula is C14H12FN3O2. The van der Waals surface area contributed by atoms with Crippen molar-refractivity contribution in [3.05, 3.63) is 54.4 Å². The Kier molecular flexibility index (Phi) is 3.20. The second-order valence-corrected chi connectivity index (χ2v) is 4.31. The third-order valence-corrected chi connectivity index (χ3v) is 2.78. The summed E-state index contributed by atoms with van der Waals surface area (Å²) in [5.74, 6) is 1.11. The van der Waals surface area contributed by atoms with Crippen molar-refractivity contribution in [2.45, 2.75) is 13.0 Å². The Morgan fingerprint density at radius 1 is 1.20 bits per heavy atom. The average molecular weight is 273 g/mol. The van der Waals surface area contributed by atoms with Crippen LogP contribution in [0, 0.1) is 5.82 Å². The van der Waals surface area contributed by atoms with Gasteiger partial charge < -0.3 is 14.3 Å². The van der Waals surface area contributed by atoms with E-state index in [1.807, 2.05) is 6.92 Å². The van der Waals surface area contributed by atoms with Crippen molar-refractivity contribution in [2.24, 2.45) is 0 Å². The van der Waals surface area contributed by atoms with Gasteiger partial charge in [-0.3, -0.25) is 0 Å². The minimum atomic E-state index is -0.277. The van der Waals surface area contributed by atoms with Crippen LogP contribution < -0.4 is 5.32 Å². The normalized spacial score (nSPS) is 12.3. The monoisotopic (exact) mass is 273 g/mol. The van der Waals surface area contributed by atoms with Crippen LogP contribution in [0.5, 0.6) is 0 Å². The summed E-state index contributed by atoms with van der Waals surface area (Å²) in [6, 6.07) is 9.38. The van der Waals surface area contributed by atoms with E-state index in [-0.39, 0.29) is 11.9 Å². The first-order chi connectivity index (χ1) is 9.72. The van der Waals surface area contributed by atoms with Gasteiger partial charge in [0.15, 0.2) is 5.76 Å². The standard InChI is InChI=1S/C14H12FN3O2/c1-9(16-11-6-4-10(15)5-7-11)14-17-13(18-20-14)12-3-2-8-19-12/h2-9,16H,1H3/t9-/m0/s1. The molecule has 5 nitrogen and oxygen atoms in total. The van der Waals surface area contributed by atoms with Crippen molar-refractivity contribution < 1.29 is 13.3 Å². The lowest BCUT2D eigenvalue weighted by Crippen LogP contribution is -2.06. The van der Waals surface area contributed by atoms with E-state index in [9.17, 15) is 4.39 Å². The fourth-order valence-electron chi connectivity index (χ4n) is 1.77. The molecule has 6 heteroatoms. The number of nitrogens with one attached hydrogen (secondary N) is 1. The number of halogens is 1. The molecule has 0 aliphatic rings. The molecule has 1 atom stereocenters.